The number of hydrogen-bond acceptors (Lipinski definition) is 4. The van der Waals surface area contributed by atoms with Gasteiger partial charge in [-0.3, -0.25) is 0 Å². The standard InChI is InChI=1S/C12H15NO2S/c1-3-7-4-9-10(13)6-16-11(9)5-8(7)12(14)15-2/h4-5,10H,3,6,13H2,1-2H3. The summed E-state index contributed by atoms with van der Waals surface area (Å²) in [5.74, 6) is 0.629. The van der Waals surface area contributed by atoms with Gasteiger partial charge in [-0.25, -0.2) is 4.79 Å². The maximum absolute atomic E-state index is 11.6. The first-order valence-corrected chi connectivity index (χ1v) is 6.29. The number of fused-ring (bicyclic) bond motifs is 1. The molecular weight excluding hydrogens is 222 g/mol. The molecule has 1 aromatic rings. The van der Waals surface area contributed by atoms with Crippen molar-refractivity contribution in [3.63, 3.8) is 0 Å². The molecular formula is C12H15NO2S. The lowest BCUT2D eigenvalue weighted by Gasteiger charge is -2.10. The fourth-order valence-corrected chi connectivity index (χ4v) is 3.04. The number of aryl methyl sites for hydroxylation is 1. The van der Waals surface area contributed by atoms with E-state index < -0.39 is 0 Å². The average Bonchev–Trinajstić information content (AvgIpc) is 2.68. The van der Waals surface area contributed by atoms with Gasteiger partial charge in [0.2, 0.25) is 0 Å². The zero-order valence-corrected chi connectivity index (χ0v) is 10.3. The van der Waals surface area contributed by atoms with E-state index in [0.29, 0.717) is 5.56 Å². The number of esters is 1. The van der Waals surface area contributed by atoms with Gasteiger partial charge >= 0.3 is 5.97 Å². The van der Waals surface area contributed by atoms with Crippen LogP contribution in [0.25, 0.3) is 0 Å². The summed E-state index contributed by atoms with van der Waals surface area (Å²) in [6.45, 7) is 2.03. The van der Waals surface area contributed by atoms with Crippen molar-refractivity contribution >= 4 is 17.7 Å². The van der Waals surface area contributed by atoms with Gasteiger partial charge in [0.1, 0.15) is 0 Å². The highest BCUT2D eigenvalue weighted by atomic mass is 32.2. The van der Waals surface area contributed by atoms with Gasteiger partial charge in [0.25, 0.3) is 0 Å². The summed E-state index contributed by atoms with van der Waals surface area (Å²) in [6.07, 6.45) is 0.815. The number of rotatable bonds is 2. The largest absolute Gasteiger partial charge is 0.465 e. The molecule has 4 heteroatoms. The van der Waals surface area contributed by atoms with Crippen molar-refractivity contribution in [1.29, 1.82) is 0 Å². The van der Waals surface area contributed by atoms with E-state index in [9.17, 15) is 4.79 Å². The number of benzene rings is 1. The minimum atomic E-state index is -0.263. The number of nitrogens with two attached hydrogens (primary N) is 1. The first kappa shape index (κ1) is 11.5. The van der Waals surface area contributed by atoms with Crippen LogP contribution < -0.4 is 5.73 Å². The van der Waals surface area contributed by atoms with E-state index in [2.05, 4.69) is 0 Å². The van der Waals surface area contributed by atoms with Crippen molar-refractivity contribution in [3.05, 3.63) is 28.8 Å². The number of carbonyl (C=O) groups excluding carboxylic acids is 1. The summed E-state index contributed by atoms with van der Waals surface area (Å²) in [4.78, 5) is 12.7. The predicted molar refractivity (Wildman–Crippen MR) is 64.8 cm³/mol. The number of ether oxygens (including phenoxy) is 1. The summed E-state index contributed by atoms with van der Waals surface area (Å²) in [5, 5.41) is 0. The lowest BCUT2D eigenvalue weighted by Crippen LogP contribution is -2.11. The van der Waals surface area contributed by atoms with Crippen LogP contribution in [0.3, 0.4) is 0 Å². The van der Waals surface area contributed by atoms with Crippen LogP contribution in [0, 0.1) is 0 Å². The van der Waals surface area contributed by atoms with Crippen LogP contribution in [0.15, 0.2) is 17.0 Å². The highest BCUT2D eigenvalue weighted by molar-refractivity contribution is 7.99. The molecule has 1 atom stereocenters. The molecule has 0 spiro atoms. The second-order valence-corrected chi connectivity index (χ2v) is 4.87. The van der Waals surface area contributed by atoms with E-state index in [4.69, 9.17) is 10.5 Å². The third-order valence-electron chi connectivity index (χ3n) is 2.84. The van der Waals surface area contributed by atoms with E-state index in [1.807, 2.05) is 19.1 Å². The van der Waals surface area contributed by atoms with E-state index in [-0.39, 0.29) is 12.0 Å². The molecule has 16 heavy (non-hydrogen) atoms. The lowest BCUT2D eigenvalue weighted by molar-refractivity contribution is 0.0599. The van der Waals surface area contributed by atoms with Gasteiger partial charge < -0.3 is 10.5 Å². The molecule has 0 aliphatic carbocycles. The van der Waals surface area contributed by atoms with Crippen LogP contribution in [0.5, 0.6) is 0 Å². The summed E-state index contributed by atoms with van der Waals surface area (Å²) < 4.78 is 4.79. The number of thioether (sulfide) groups is 1. The van der Waals surface area contributed by atoms with E-state index >= 15 is 0 Å². The molecule has 0 amide bonds. The van der Waals surface area contributed by atoms with Crippen molar-refractivity contribution in [2.45, 2.75) is 24.3 Å². The normalized spacial score (nSPS) is 18.3. The monoisotopic (exact) mass is 237 g/mol. The first-order chi connectivity index (χ1) is 7.67. The Labute approximate surface area is 99.4 Å². The minimum absolute atomic E-state index is 0.0944. The van der Waals surface area contributed by atoms with Crippen LogP contribution in [-0.2, 0) is 11.2 Å². The summed E-state index contributed by atoms with van der Waals surface area (Å²) in [5.41, 5.74) is 8.84. The van der Waals surface area contributed by atoms with Crippen molar-refractivity contribution in [1.82, 2.24) is 0 Å². The van der Waals surface area contributed by atoms with Gasteiger partial charge in [-0.05, 0) is 23.6 Å². The Morgan fingerprint density at radius 3 is 3.00 bits per heavy atom. The van der Waals surface area contributed by atoms with Gasteiger partial charge in [-0.15, -0.1) is 11.8 Å². The topological polar surface area (TPSA) is 52.3 Å². The van der Waals surface area contributed by atoms with Gasteiger partial charge in [0, 0.05) is 16.7 Å². The van der Waals surface area contributed by atoms with Gasteiger partial charge in [0.05, 0.1) is 12.7 Å². The third kappa shape index (κ3) is 1.83. The fraction of sp³-hybridized carbons (Fsp3) is 0.417. The molecule has 0 radical (unpaired) electrons. The Balaban J connectivity index is 2.51. The fourth-order valence-electron chi connectivity index (χ4n) is 1.92. The van der Waals surface area contributed by atoms with Gasteiger partial charge in [-0.1, -0.05) is 13.0 Å². The predicted octanol–water partition coefficient (Wildman–Crippen LogP) is 2.14. The van der Waals surface area contributed by atoms with Crippen LogP contribution in [0.2, 0.25) is 0 Å². The molecule has 1 aromatic carbocycles. The molecule has 0 saturated heterocycles. The molecule has 1 unspecified atom stereocenters. The number of carbonyl (C=O) groups is 1. The highest BCUT2D eigenvalue weighted by Crippen LogP contribution is 2.38. The summed E-state index contributed by atoms with van der Waals surface area (Å²) in [7, 11) is 1.41. The Morgan fingerprint density at radius 1 is 1.62 bits per heavy atom. The second kappa shape index (κ2) is 4.47. The molecule has 0 bridgehead atoms. The lowest BCUT2D eigenvalue weighted by atomic mass is 9.99. The molecule has 2 rings (SSSR count). The Bertz CT molecular complexity index is 431. The molecule has 1 heterocycles. The third-order valence-corrected chi connectivity index (χ3v) is 4.03. The van der Waals surface area contributed by atoms with Crippen molar-refractivity contribution in [2.24, 2.45) is 5.73 Å². The quantitative estimate of drug-likeness (QED) is 0.801. The van der Waals surface area contributed by atoms with Crippen LogP contribution in [0.4, 0.5) is 0 Å². The van der Waals surface area contributed by atoms with Crippen LogP contribution in [-0.4, -0.2) is 18.8 Å². The molecule has 0 aromatic heterocycles. The van der Waals surface area contributed by atoms with Crippen molar-refractivity contribution < 1.29 is 9.53 Å². The van der Waals surface area contributed by atoms with Gasteiger partial charge in [-0.2, -0.15) is 0 Å². The maximum atomic E-state index is 11.6. The van der Waals surface area contributed by atoms with Crippen molar-refractivity contribution in [3.8, 4) is 0 Å². The average molecular weight is 237 g/mol. The summed E-state index contributed by atoms with van der Waals surface area (Å²) in [6, 6.07) is 4.06. The Morgan fingerprint density at radius 2 is 2.38 bits per heavy atom. The molecule has 1 aliphatic heterocycles. The van der Waals surface area contributed by atoms with Crippen LogP contribution >= 0.6 is 11.8 Å². The summed E-state index contributed by atoms with van der Waals surface area (Å²) >= 11 is 1.70. The second-order valence-electron chi connectivity index (χ2n) is 3.81. The Hall–Kier alpha value is -1.00. The maximum Gasteiger partial charge on any atom is 0.338 e. The zero-order valence-electron chi connectivity index (χ0n) is 9.45. The zero-order chi connectivity index (χ0) is 11.7. The van der Waals surface area contributed by atoms with E-state index in [1.165, 1.54) is 7.11 Å². The molecule has 0 fully saturated rings. The van der Waals surface area contributed by atoms with Gasteiger partial charge in [0.15, 0.2) is 0 Å². The van der Waals surface area contributed by atoms with E-state index in [0.717, 1.165) is 28.2 Å². The number of methoxy groups -OCH3 is 1. The first-order valence-electron chi connectivity index (χ1n) is 5.30. The molecule has 0 saturated carbocycles. The SMILES string of the molecule is CCc1cc2c(cc1C(=O)OC)SCC2N. The highest BCUT2D eigenvalue weighted by Gasteiger charge is 2.23. The number of hydrogen-bond donors (Lipinski definition) is 1. The minimum Gasteiger partial charge on any atom is -0.465 e. The van der Waals surface area contributed by atoms with Crippen LogP contribution in [0.1, 0.15) is 34.5 Å². The molecule has 86 valence electrons. The molecule has 3 nitrogen and oxygen atoms in total. The van der Waals surface area contributed by atoms with E-state index in [1.54, 1.807) is 11.8 Å². The van der Waals surface area contributed by atoms with Crippen molar-refractivity contribution in [2.75, 3.05) is 12.9 Å². The molecule has 2 N–H and O–H groups in total. The molecule has 1 aliphatic rings. The Kier molecular flexibility index (Phi) is 3.21. The smallest absolute Gasteiger partial charge is 0.338 e.